The Morgan fingerprint density at radius 1 is 1.29 bits per heavy atom. The van der Waals surface area contributed by atoms with Crippen LogP contribution in [-0.4, -0.2) is 23.7 Å². The van der Waals surface area contributed by atoms with E-state index in [0.29, 0.717) is 6.42 Å². The molecule has 0 fully saturated rings. The van der Waals surface area contributed by atoms with Gasteiger partial charge < -0.3 is 10.4 Å². The number of amides is 1. The van der Waals surface area contributed by atoms with Crippen molar-refractivity contribution in [3.8, 4) is 0 Å². The van der Waals surface area contributed by atoms with E-state index in [1.807, 2.05) is 0 Å². The molecule has 1 amide bonds. The number of carbonyl (C=O) groups is 1. The second-order valence-corrected chi connectivity index (χ2v) is 3.82. The molecular formula is C11H23NO2. The van der Waals surface area contributed by atoms with E-state index in [0.717, 1.165) is 12.8 Å². The van der Waals surface area contributed by atoms with Gasteiger partial charge in [-0.25, -0.2) is 0 Å². The van der Waals surface area contributed by atoms with E-state index < -0.39 is 0 Å². The van der Waals surface area contributed by atoms with Crippen LogP contribution in [0.1, 0.15) is 52.4 Å². The number of unbranched alkanes of at least 4 members (excludes halogenated alkanes) is 4. The lowest BCUT2D eigenvalue weighted by atomic mass is 10.1. The monoisotopic (exact) mass is 201 g/mol. The third kappa shape index (κ3) is 8.05. The molecule has 3 heteroatoms. The first-order valence-corrected chi connectivity index (χ1v) is 5.61. The van der Waals surface area contributed by atoms with Gasteiger partial charge >= 0.3 is 0 Å². The molecule has 0 rings (SSSR count). The molecule has 3 nitrogen and oxygen atoms in total. The molecule has 0 aromatic heterocycles. The highest BCUT2D eigenvalue weighted by Gasteiger charge is 2.04. The molecule has 14 heavy (non-hydrogen) atoms. The average molecular weight is 201 g/mol. The molecule has 84 valence electrons. The van der Waals surface area contributed by atoms with Crippen molar-refractivity contribution < 1.29 is 9.90 Å². The van der Waals surface area contributed by atoms with Crippen molar-refractivity contribution in [2.45, 2.75) is 58.4 Å². The third-order valence-corrected chi connectivity index (χ3v) is 2.19. The first-order valence-electron chi connectivity index (χ1n) is 5.61. The van der Waals surface area contributed by atoms with E-state index >= 15 is 0 Å². The van der Waals surface area contributed by atoms with Crippen molar-refractivity contribution in [2.75, 3.05) is 6.61 Å². The maximum atomic E-state index is 11.2. The smallest absolute Gasteiger partial charge is 0.220 e. The first kappa shape index (κ1) is 13.4. The van der Waals surface area contributed by atoms with Crippen LogP contribution in [0.2, 0.25) is 0 Å². The fraction of sp³-hybridized carbons (Fsp3) is 0.909. The number of hydrogen-bond acceptors (Lipinski definition) is 2. The Hall–Kier alpha value is -0.570. The van der Waals surface area contributed by atoms with E-state index in [2.05, 4.69) is 12.2 Å². The molecule has 0 aliphatic heterocycles. The van der Waals surface area contributed by atoms with Crippen LogP contribution < -0.4 is 5.32 Å². The predicted molar refractivity (Wildman–Crippen MR) is 58.1 cm³/mol. The Balaban J connectivity index is 3.27. The quantitative estimate of drug-likeness (QED) is 0.589. The lowest BCUT2D eigenvalue weighted by Crippen LogP contribution is -2.34. The maximum Gasteiger partial charge on any atom is 0.220 e. The zero-order chi connectivity index (χ0) is 10.8. The van der Waals surface area contributed by atoms with E-state index in [4.69, 9.17) is 5.11 Å². The molecule has 0 spiro atoms. The molecule has 0 unspecified atom stereocenters. The van der Waals surface area contributed by atoms with Gasteiger partial charge in [0, 0.05) is 12.5 Å². The molecule has 0 aromatic rings. The van der Waals surface area contributed by atoms with Crippen LogP contribution in [0.4, 0.5) is 0 Å². The molecule has 2 N–H and O–H groups in total. The van der Waals surface area contributed by atoms with Crippen molar-refractivity contribution in [3.05, 3.63) is 0 Å². The molecule has 0 bridgehead atoms. The summed E-state index contributed by atoms with van der Waals surface area (Å²) in [6, 6.07) is -0.113. The summed E-state index contributed by atoms with van der Waals surface area (Å²) in [5.41, 5.74) is 0. The Morgan fingerprint density at radius 2 is 1.93 bits per heavy atom. The Labute approximate surface area is 86.9 Å². The minimum Gasteiger partial charge on any atom is -0.394 e. The summed E-state index contributed by atoms with van der Waals surface area (Å²) in [4.78, 5) is 11.2. The molecule has 0 aromatic carbocycles. The van der Waals surface area contributed by atoms with Crippen molar-refractivity contribution in [2.24, 2.45) is 0 Å². The summed E-state index contributed by atoms with van der Waals surface area (Å²) in [7, 11) is 0. The Morgan fingerprint density at radius 3 is 2.50 bits per heavy atom. The van der Waals surface area contributed by atoms with Gasteiger partial charge in [-0.2, -0.15) is 0 Å². The maximum absolute atomic E-state index is 11.2. The van der Waals surface area contributed by atoms with Crippen LogP contribution in [0.15, 0.2) is 0 Å². The Kier molecular flexibility index (Phi) is 8.64. The normalized spacial score (nSPS) is 12.5. The highest BCUT2D eigenvalue weighted by Crippen LogP contribution is 2.04. The van der Waals surface area contributed by atoms with Gasteiger partial charge in [0.05, 0.1) is 6.61 Å². The summed E-state index contributed by atoms with van der Waals surface area (Å²) < 4.78 is 0. The fourth-order valence-electron chi connectivity index (χ4n) is 1.28. The van der Waals surface area contributed by atoms with Gasteiger partial charge in [0.2, 0.25) is 5.91 Å². The first-order chi connectivity index (χ1) is 6.70. The van der Waals surface area contributed by atoms with Crippen molar-refractivity contribution in [3.63, 3.8) is 0 Å². The minimum absolute atomic E-state index is 0.0155. The van der Waals surface area contributed by atoms with Gasteiger partial charge in [-0.05, 0) is 13.3 Å². The number of carbonyl (C=O) groups excluding carboxylic acids is 1. The van der Waals surface area contributed by atoms with Crippen molar-refractivity contribution >= 4 is 5.91 Å². The topological polar surface area (TPSA) is 49.3 Å². The molecular weight excluding hydrogens is 178 g/mol. The number of rotatable bonds is 8. The number of aliphatic hydroxyl groups excluding tert-OH is 1. The minimum atomic E-state index is -0.113. The van der Waals surface area contributed by atoms with E-state index in [1.165, 1.54) is 19.3 Å². The average Bonchev–Trinajstić information content (AvgIpc) is 2.17. The van der Waals surface area contributed by atoms with E-state index in [-0.39, 0.29) is 18.6 Å². The standard InChI is InChI=1S/C11H23NO2/c1-3-4-5-6-7-8-11(14)12-10(2)9-13/h10,13H,3-9H2,1-2H3,(H,12,14)/t10-/m0/s1. The van der Waals surface area contributed by atoms with Crippen LogP contribution in [0.3, 0.4) is 0 Å². The summed E-state index contributed by atoms with van der Waals surface area (Å²) in [6.07, 6.45) is 6.40. The zero-order valence-corrected chi connectivity index (χ0v) is 9.38. The molecule has 0 aliphatic carbocycles. The molecule has 1 atom stereocenters. The summed E-state index contributed by atoms with van der Waals surface area (Å²) in [5, 5.41) is 11.4. The van der Waals surface area contributed by atoms with Gasteiger partial charge in [-0.3, -0.25) is 4.79 Å². The largest absolute Gasteiger partial charge is 0.394 e. The summed E-state index contributed by atoms with van der Waals surface area (Å²) >= 11 is 0. The highest BCUT2D eigenvalue weighted by molar-refractivity contribution is 5.76. The van der Waals surface area contributed by atoms with Gasteiger partial charge in [-0.15, -0.1) is 0 Å². The van der Waals surface area contributed by atoms with E-state index in [1.54, 1.807) is 6.92 Å². The number of hydrogen-bond donors (Lipinski definition) is 2. The predicted octanol–water partition coefficient (Wildman–Crippen LogP) is 1.84. The van der Waals surface area contributed by atoms with Gasteiger partial charge in [0.15, 0.2) is 0 Å². The van der Waals surface area contributed by atoms with Crippen LogP contribution >= 0.6 is 0 Å². The fourth-order valence-corrected chi connectivity index (χ4v) is 1.28. The van der Waals surface area contributed by atoms with Crippen LogP contribution in [0, 0.1) is 0 Å². The van der Waals surface area contributed by atoms with Gasteiger partial charge in [0.1, 0.15) is 0 Å². The van der Waals surface area contributed by atoms with Crippen LogP contribution in [-0.2, 0) is 4.79 Å². The number of aliphatic hydroxyl groups is 1. The summed E-state index contributed by atoms with van der Waals surface area (Å²) in [5.74, 6) is 0.0584. The van der Waals surface area contributed by atoms with E-state index in [9.17, 15) is 4.79 Å². The molecule has 0 saturated heterocycles. The SMILES string of the molecule is CCCCCCCC(=O)N[C@@H](C)CO. The number of nitrogens with one attached hydrogen (secondary N) is 1. The third-order valence-electron chi connectivity index (χ3n) is 2.19. The molecule has 0 saturated carbocycles. The van der Waals surface area contributed by atoms with Crippen LogP contribution in [0.5, 0.6) is 0 Å². The molecule has 0 heterocycles. The molecule has 0 radical (unpaired) electrons. The van der Waals surface area contributed by atoms with Crippen molar-refractivity contribution in [1.29, 1.82) is 0 Å². The highest BCUT2D eigenvalue weighted by atomic mass is 16.3. The lowest BCUT2D eigenvalue weighted by molar-refractivity contribution is -0.122. The summed E-state index contributed by atoms with van der Waals surface area (Å²) in [6.45, 7) is 3.99. The van der Waals surface area contributed by atoms with Gasteiger partial charge in [0.25, 0.3) is 0 Å². The Bertz CT molecular complexity index is 148. The zero-order valence-electron chi connectivity index (χ0n) is 9.38. The lowest BCUT2D eigenvalue weighted by Gasteiger charge is -2.10. The molecule has 0 aliphatic rings. The van der Waals surface area contributed by atoms with Gasteiger partial charge in [-0.1, -0.05) is 32.6 Å². The van der Waals surface area contributed by atoms with Crippen LogP contribution in [0.25, 0.3) is 0 Å². The van der Waals surface area contributed by atoms with Crippen molar-refractivity contribution in [1.82, 2.24) is 5.32 Å². The second-order valence-electron chi connectivity index (χ2n) is 3.82. The second kappa shape index (κ2) is 9.00.